The number of likely N-dealkylation sites (tertiary alicyclic amines) is 1. The van der Waals surface area contributed by atoms with Gasteiger partial charge in [-0.15, -0.1) is 0 Å². The Labute approximate surface area is 131 Å². The van der Waals surface area contributed by atoms with Crippen LogP contribution in [0.4, 0.5) is 5.69 Å². The number of hydrogen-bond donors (Lipinski definition) is 2. The van der Waals surface area contributed by atoms with Gasteiger partial charge in [0, 0.05) is 36.8 Å². The van der Waals surface area contributed by atoms with Crippen LogP contribution >= 0.6 is 0 Å². The Balaban J connectivity index is 1.93. The summed E-state index contributed by atoms with van der Waals surface area (Å²) >= 11 is 0. The number of carbonyl (C=O) groups is 2. The number of anilines is 1. The lowest BCUT2D eigenvalue weighted by Crippen LogP contribution is -2.43. The Kier molecular flexibility index (Phi) is 5.41. The summed E-state index contributed by atoms with van der Waals surface area (Å²) in [7, 11) is 0. The van der Waals surface area contributed by atoms with Crippen LogP contribution in [0, 0.1) is 12.8 Å². The van der Waals surface area contributed by atoms with Gasteiger partial charge < -0.3 is 16.0 Å². The maximum atomic E-state index is 12.6. The number of nitrogens with two attached hydrogens (primary N) is 1. The Morgan fingerprint density at radius 3 is 2.59 bits per heavy atom. The van der Waals surface area contributed by atoms with Crippen molar-refractivity contribution in [2.24, 2.45) is 5.92 Å². The van der Waals surface area contributed by atoms with Crippen LogP contribution in [-0.2, 0) is 4.79 Å². The molecule has 120 valence electrons. The van der Waals surface area contributed by atoms with E-state index in [1.165, 1.54) is 0 Å². The molecule has 0 aromatic heterocycles. The minimum atomic E-state index is 0.0307. The molecule has 0 radical (unpaired) electrons. The second kappa shape index (κ2) is 7.29. The number of nitrogens with one attached hydrogen (secondary N) is 1. The molecular weight excluding hydrogens is 278 g/mol. The van der Waals surface area contributed by atoms with Gasteiger partial charge in [0.2, 0.25) is 5.91 Å². The van der Waals surface area contributed by atoms with E-state index in [-0.39, 0.29) is 17.7 Å². The third-order valence-corrected chi connectivity index (χ3v) is 4.18. The lowest BCUT2D eigenvalue weighted by atomic mass is 9.95. The summed E-state index contributed by atoms with van der Waals surface area (Å²) in [5, 5.41) is 2.94. The summed E-state index contributed by atoms with van der Waals surface area (Å²) in [6.45, 7) is 5.92. The van der Waals surface area contributed by atoms with E-state index in [1.807, 2.05) is 24.8 Å². The highest BCUT2D eigenvalue weighted by Crippen LogP contribution is 2.21. The summed E-state index contributed by atoms with van der Waals surface area (Å²) in [4.78, 5) is 26.4. The number of benzene rings is 1. The van der Waals surface area contributed by atoms with Crippen LogP contribution in [0.1, 0.15) is 42.1 Å². The van der Waals surface area contributed by atoms with Crippen LogP contribution in [0.3, 0.4) is 0 Å². The van der Waals surface area contributed by atoms with Gasteiger partial charge in [-0.3, -0.25) is 9.59 Å². The molecule has 0 spiro atoms. The monoisotopic (exact) mass is 303 g/mol. The highest BCUT2D eigenvalue weighted by Gasteiger charge is 2.28. The molecule has 5 nitrogen and oxygen atoms in total. The largest absolute Gasteiger partial charge is 0.399 e. The number of nitrogens with zero attached hydrogens (tertiary/aromatic N) is 1. The van der Waals surface area contributed by atoms with E-state index in [0.717, 1.165) is 31.4 Å². The van der Waals surface area contributed by atoms with Crippen LogP contribution in [0.5, 0.6) is 0 Å². The van der Waals surface area contributed by atoms with Crippen molar-refractivity contribution in [2.45, 2.75) is 33.1 Å². The molecular formula is C17H25N3O2. The summed E-state index contributed by atoms with van der Waals surface area (Å²) in [6, 6.07) is 5.36. The molecule has 0 aliphatic carbocycles. The molecule has 1 heterocycles. The quantitative estimate of drug-likeness (QED) is 0.835. The van der Waals surface area contributed by atoms with Crippen LogP contribution in [0.15, 0.2) is 18.2 Å². The lowest BCUT2D eigenvalue weighted by molar-refractivity contribution is -0.126. The maximum Gasteiger partial charge on any atom is 0.254 e. The zero-order chi connectivity index (χ0) is 16.1. The molecule has 1 fully saturated rings. The first-order valence-electron chi connectivity index (χ1n) is 7.96. The molecule has 22 heavy (non-hydrogen) atoms. The molecule has 0 bridgehead atoms. The van der Waals surface area contributed by atoms with E-state index in [1.54, 1.807) is 12.1 Å². The molecule has 3 N–H and O–H groups in total. The number of rotatable bonds is 4. The van der Waals surface area contributed by atoms with Gasteiger partial charge in [-0.2, -0.15) is 0 Å². The summed E-state index contributed by atoms with van der Waals surface area (Å²) in [5.41, 5.74) is 7.99. The van der Waals surface area contributed by atoms with Crippen LogP contribution in [0.2, 0.25) is 0 Å². The highest BCUT2D eigenvalue weighted by atomic mass is 16.2. The topological polar surface area (TPSA) is 75.4 Å². The predicted octanol–water partition coefficient (Wildman–Crippen LogP) is 1.96. The van der Waals surface area contributed by atoms with E-state index in [4.69, 9.17) is 5.73 Å². The molecule has 1 saturated heterocycles. The summed E-state index contributed by atoms with van der Waals surface area (Å²) in [5.74, 6) is 0.186. The molecule has 0 saturated carbocycles. The normalized spacial score (nSPS) is 15.6. The molecule has 0 atom stereocenters. The zero-order valence-corrected chi connectivity index (χ0v) is 13.4. The van der Waals surface area contributed by atoms with Crippen molar-refractivity contribution in [1.82, 2.24) is 10.2 Å². The Morgan fingerprint density at radius 1 is 1.32 bits per heavy atom. The maximum absolute atomic E-state index is 12.6. The molecule has 2 rings (SSSR count). The highest BCUT2D eigenvalue weighted by molar-refractivity contribution is 5.96. The second-order valence-corrected chi connectivity index (χ2v) is 5.93. The van der Waals surface area contributed by atoms with Crippen molar-refractivity contribution in [3.05, 3.63) is 29.3 Å². The van der Waals surface area contributed by atoms with Gasteiger partial charge in [-0.05, 0) is 49.9 Å². The molecule has 1 aromatic carbocycles. The van der Waals surface area contributed by atoms with Crippen molar-refractivity contribution >= 4 is 17.5 Å². The van der Waals surface area contributed by atoms with E-state index in [2.05, 4.69) is 5.32 Å². The van der Waals surface area contributed by atoms with Crippen LogP contribution < -0.4 is 11.1 Å². The Bertz CT molecular complexity index is 549. The smallest absolute Gasteiger partial charge is 0.254 e. The fourth-order valence-electron chi connectivity index (χ4n) is 2.83. The van der Waals surface area contributed by atoms with Gasteiger partial charge in [-0.1, -0.05) is 6.92 Å². The van der Waals surface area contributed by atoms with Crippen LogP contribution in [-0.4, -0.2) is 36.3 Å². The molecule has 1 aliphatic rings. The van der Waals surface area contributed by atoms with Crippen molar-refractivity contribution in [3.63, 3.8) is 0 Å². The van der Waals surface area contributed by atoms with Crippen molar-refractivity contribution < 1.29 is 9.59 Å². The second-order valence-electron chi connectivity index (χ2n) is 5.93. The van der Waals surface area contributed by atoms with Crippen LogP contribution in [0.25, 0.3) is 0 Å². The fourth-order valence-corrected chi connectivity index (χ4v) is 2.83. The van der Waals surface area contributed by atoms with Gasteiger partial charge in [0.15, 0.2) is 0 Å². The molecule has 0 unspecified atom stereocenters. The van der Waals surface area contributed by atoms with Crippen molar-refractivity contribution in [2.75, 3.05) is 25.4 Å². The van der Waals surface area contributed by atoms with E-state index >= 15 is 0 Å². The standard InChI is InChI=1S/C17H25N3O2/c1-3-8-19-16(21)13-6-9-20(10-7-13)17(22)15-5-4-14(18)11-12(15)2/h4-5,11,13H,3,6-10,18H2,1-2H3,(H,19,21). The minimum absolute atomic E-state index is 0.0307. The van der Waals surface area contributed by atoms with Crippen molar-refractivity contribution in [3.8, 4) is 0 Å². The van der Waals surface area contributed by atoms with Gasteiger partial charge >= 0.3 is 0 Å². The van der Waals surface area contributed by atoms with Gasteiger partial charge in [0.25, 0.3) is 5.91 Å². The zero-order valence-electron chi connectivity index (χ0n) is 13.4. The SMILES string of the molecule is CCCNC(=O)C1CCN(C(=O)c2ccc(N)cc2C)CC1. The molecule has 1 aliphatic heterocycles. The number of aryl methyl sites for hydroxylation is 1. The third-order valence-electron chi connectivity index (χ3n) is 4.18. The van der Waals surface area contributed by atoms with Gasteiger partial charge in [0.1, 0.15) is 0 Å². The number of carbonyl (C=O) groups excluding carboxylic acids is 2. The summed E-state index contributed by atoms with van der Waals surface area (Å²) in [6.07, 6.45) is 2.41. The fraction of sp³-hybridized carbons (Fsp3) is 0.529. The first-order valence-corrected chi connectivity index (χ1v) is 7.96. The number of amides is 2. The van der Waals surface area contributed by atoms with E-state index in [0.29, 0.717) is 24.3 Å². The Hall–Kier alpha value is -2.04. The van der Waals surface area contributed by atoms with E-state index in [9.17, 15) is 9.59 Å². The lowest BCUT2D eigenvalue weighted by Gasteiger charge is -2.31. The minimum Gasteiger partial charge on any atom is -0.399 e. The van der Waals surface area contributed by atoms with E-state index < -0.39 is 0 Å². The molecule has 5 heteroatoms. The average molecular weight is 303 g/mol. The molecule has 1 aromatic rings. The third kappa shape index (κ3) is 3.78. The number of piperidine rings is 1. The predicted molar refractivity (Wildman–Crippen MR) is 87.5 cm³/mol. The van der Waals surface area contributed by atoms with Gasteiger partial charge in [-0.25, -0.2) is 0 Å². The average Bonchev–Trinajstić information content (AvgIpc) is 2.52. The first kappa shape index (κ1) is 16.3. The van der Waals surface area contributed by atoms with Gasteiger partial charge in [0.05, 0.1) is 0 Å². The number of nitrogen functional groups attached to an aromatic ring is 1. The summed E-state index contributed by atoms with van der Waals surface area (Å²) < 4.78 is 0. The molecule has 2 amide bonds. The van der Waals surface area contributed by atoms with Crippen molar-refractivity contribution in [1.29, 1.82) is 0 Å². The first-order chi connectivity index (χ1) is 10.5. The number of hydrogen-bond acceptors (Lipinski definition) is 3. The Morgan fingerprint density at radius 2 is 2.00 bits per heavy atom.